The van der Waals surface area contributed by atoms with Gasteiger partial charge in [0.2, 0.25) is 0 Å². The number of ether oxygens (including phenoxy) is 1. The van der Waals surface area contributed by atoms with Gasteiger partial charge in [0.15, 0.2) is 5.13 Å². The highest BCUT2D eigenvalue weighted by Crippen LogP contribution is 2.29. The van der Waals surface area contributed by atoms with Crippen LogP contribution in [0, 0.1) is 0 Å². The molecule has 4 nitrogen and oxygen atoms in total. The summed E-state index contributed by atoms with van der Waals surface area (Å²) in [7, 11) is 3.77. The second-order valence-electron chi connectivity index (χ2n) is 3.99. The number of nitrogens with zero attached hydrogens (tertiary/aromatic N) is 2. The number of methoxy groups -OCH3 is 1. The minimum absolute atomic E-state index is 0.780. The fourth-order valence-corrected chi connectivity index (χ4v) is 2.64. The van der Waals surface area contributed by atoms with Crippen molar-refractivity contribution in [1.82, 2.24) is 4.98 Å². The number of nitrogens with two attached hydrogens (primary N) is 1. The first kappa shape index (κ1) is 12.1. The fourth-order valence-electron chi connectivity index (χ4n) is 1.63. The maximum atomic E-state index is 5.76. The van der Waals surface area contributed by atoms with Gasteiger partial charge in [0.05, 0.1) is 10.2 Å². The SMILES string of the molecule is COCCCN(C)c1nc2ccc(N)cc2s1. The molecule has 0 atom stereocenters. The molecule has 0 aliphatic carbocycles. The lowest BCUT2D eigenvalue weighted by Crippen LogP contribution is -2.19. The van der Waals surface area contributed by atoms with E-state index in [1.54, 1.807) is 18.4 Å². The first-order chi connectivity index (χ1) is 8.20. The maximum absolute atomic E-state index is 5.76. The highest BCUT2D eigenvalue weighted by atomic mass is 32.1. The van der Waals surface area contributed by atoms with Crippen molar-refractivity contribution in [3.8, 4) is 0 Å². The van der Waals surface area contributed by atoms with Gasteiger partial charge in [0.1, 0.15) is 0 Å². The first-order valence-electron chi connectivity index (χ1n) is 5.57. The van der Waals surface area contributed by atoms with Gasteiger partial charge in [0, 0.05) is 33.0 Å². The third-order valence-corrected chi connectivity index (χ3v) is 3.70. The minimum Gasteiger partial charge on any atom is -0.399 e. The molecule has 1 aromatic heterocycles. The van der Waals surface area contributed by atoms with Gasteiger partial charge in [-0.1, -0.05) is 11.3 Å². The molecule has 0 saturated heterocycles. The van der Waals surface area contributed by atoms with Gasteiger partial charge in [0.25, 0.3) is 0 Å². The zero-order valence-corrected chi connectivity index (χ0v) is 11.0. The molecule has 0 amide bonds. The number of aromatic nitrogens is 1. The lowest BCUT2D eigenvalue weighted by Gasteiger charge is -2.14. The zero-order chi connectivity index (χ0) is 12.3. The summed E-state index contributed by atoms with van der Waals surface area (Å²) in [5.41, 5.74) is 7.55. The average Bonchev–Trinajstić information content (AvgIpc) is 2.72. The molecule has 2 rings (SSSR count). The molecule has 92 valence electrons. The Morgan fingerprint density at radius 2 is 2.29 bits per heavy atom. The number of anilines is 2. The van der Waals surface area contributed by atoms with E-state index in [-0.39, 0.29) is 0 Å². The van der Waals surface area contributed by atoms with E-state index < -0.39 is 0 Å². The molecule has 2 aromatic rings. The summed E-state index contributed by atoms with van der Waals surface area (Å²) < 4.78 is 6.18. The van der Waals surface area contributed by atoms with E-state index in [1.165, 1.54) is 0 Å². The number of benzene rings is 1. The third-order valence-electron chi connectivity index (χ3n) is 2.57. The van der Waals surface area contributed by atoms with Crippen molar-refractivity contribution in [3.63, 3.8) is 0 Å². The van der Waals surface area contributed by atoms with Crippen molar-refractivity contribution in [2.24, 2.45) is 0 Å². The fraction of sp³-hybridized carbons (Fsp3) is 0.417. The van der Waals surface area contributed by atoms with E-state index in [0.29, 0.717) is 0 Å². The van der Waals surface area contributed by atoms with E-state index >= 15 is 0 Å². The third kappa shape index (κ3) is 2.87. The molecule has 0 unspecified atom stereocenters. The normalized spacial score (nSPS) is 10.9. The Morgan fingerprint density at radius 1 is 1.47 bits per heavy atom. The highest BCUT2D eigenvalue weighted by molar-refractivity contribution is 7.22. The molecule has 5 heteroatoms. The minimum atomic E-state index is 0.780. The molecule has 0 spiro atoms. The summed E-state index contributed by atoms with van der Waals surface area (Å²) in [6.07, 6.45) is 1.01. The topological polar surface area (TPSA) is 51.4 Å². The number of nitrogen functional groups attached to an aromatic ring is 1. The second kappa shape index (κ2) is 5.33. The van der Waals surface area contributed by atoms with E-state index in [1.807, 2.05) is 18.2 Å². The quantitative estimate of drug-likeness (QED) is 0.654. The molecular weight excluding hydrogens is 234 g/mol. The summed E-state index contributed by atoms with van der Waals surface area (Å²) >= 11 is 1.67. The summed E-state index contributed by atoms with van der Waals surface area (Å²) in [6.45, 7) is 1.73. The molecule has 0 aliphatic heterocycles. The van der Waals surface area contributed by atoms with Crippen LogP contribution in [0.25, 0.3) is 10.2 Å². The Hall–Kier alpha value is -1.33. The summed E-state index contributed by atoms with van der Waals surface area (Å²) in [4.78, 5) is 6.73. The lowest BCUT2D eigenvalue weighted by atomic mass is 10.3. The van der Waals surface area contributed by atoms with Gasteiger partial charge in [-0.25, -0.2) is 4.98 Å². The predicted octanol–water partition coefficient (Wildman–Crippen LogP) is 2.35. The lowest BCUT2D eigenvalue weighted by molar-refractivity contribution is 0.196. The number of rotatable bonds is 5. The Balaban J connectivity index is 2.12. The van der Waals surface area contributed by atoms with Crippen molar-refractivity contribution in [2.75, 3.05) is 37.9 Å². The second-order valence-corrected chi connectivity index (χ2v) is 5.00. The highest BCUT2D eigenvalue weighted by Gasteiger charge is 2.08. The van der Waals surface area contributed by atoms with Crippen LogP contribution in [0.3, 0.4) is 0 Å². The molecule has 2 N–H and O–H groups in total. The molecule has 17 heavy (non-hydrogen) atoms. The van der Waals surface area contributed by atoms with Crippen molar-refractivity contribution in [1.29, 1.82) is 0 Å². The van der Waals surface area contributed by atoms with E-state index in [0.717, 1.165) is 40.6 Å². The molecular formula is C12H17N3OS. The van der Waals surface area contributed by atoms with Crippen LogP contribution in [-0.2, 0) is 4.74 Å². The Bertz CT molecular complexity index is 497. The van der Waals surface area contributed by atoms with Gasteiger partial charge in [-0.15, -0.1) is 0 Å². The van der Waals surface area contributed by atoms with Crippen LogP contribution in [0.1, 0.15) is 6.42 Å². The number of hydrogen-bond acceptors (Lipinski definition) is 5. The van der Waals surface area contributed by atoms with Crippen LogP contribution in [-0.4, -0.2) is 32.3 Å². The predicted molar refractivity (Wildman–Crippen MR) is 73.8 cm³/mol. The van der Waals surface area contributed by atoms with Crippen molar-refractivity contribution < 1.29 is 4.74 Å². The van der Waals surface area contributed by atoms with E-state index in [4.69, 9.17) is 10.5 Å². The van der Waals surface area contributed by atoms with Crippen LogP contribution in [0.5, 0.6) is 0 Å². The van der Waals surface area contributed by atoms with Gasteiger partial charge >= 0.3 is 0 Å². The van der Waals surface area contributed by atoms with Crippen LogP contribution in [0.15, 0.2) is 18.2 Å². The molecule has 0 aliphatic rings. The number of thiazole rings is 1. The van der Waals surface area contributed by atoms with Gasteiger partial charge in [-0.05, 0) is 24.6 Å². The molecule has 1 aromatic carbocycles. The number of fused-ring (bicyclic) bond motifs is 1. The number of hydrogen-bond donors (Lipinski definition) is 1. The van der Waals surface area contributed by atoms with Crippen LogP contribution in [0.4, 0.5) is 10.8 Å². The Kier molecular flexibility index (Phi) is 3.81. The largest absolute Gasteiger partial charge is 0.399 e. The standard InChI is InChI=1S/C12H17N3OS/c1-15(6-3-7-16-2)12-14-10-5-4-9(13)8-11(10)17-12/h4-5,8H,3,6-7,13H2,1-2H3. The van der Waals surface area contributed by atoms with Crippen LogP contribution in [0.2, 0.25) is 0 Å². The van der Waals surface area contributed by atoms with Crippen molar-refractivity contribution in [2.45, 2.75) is 6.42 Å². The van der Waals surface area contributed by atoms with Crippen molar-refractivity contribution in [3.05, 3.63) is 18.2 Å². The van der Waals surface area contributed by atoms with Gasteiger partial charge in [-0.2, -0.15) is 0 Å². The summed E-state index contributed by atoms with van der Waals surface area (Å²) in [6, 6.07) is 5.82. The summed E-state index contributed by atoms with van der Waals surface area (Å²) in [5, 5.41) is 1.03. The molecule has 1 heterocycles. The zero-order valence-electron chi connectivity index (χ0n) is 10.1. The smallest absolute Gasteiger partial charge is 0.186 e. The molecule has 0 saturated carbocycles. The van der Waals surface area contributed by atoms with Crippen LogP contribution < -0.4 is 10.6 Å². The van der Waals surface area contributed by atoms with E-state index in [2.05, 4.69) is 16.9 Å². The first-order valence-corrected chi connectivity index (χ1v) is 6.38. The Morgan fingerprint density at radius 3 is 3.06 bits per heavy atom. The molecule has 0 radical (unpaired) electrons. The monoisotopic (exact) mass is 251 g/mol. The van der Waals surface area contributed by atoms with Crippen molar-refractivity contribution >= 4 is 32.4 Å². The van der Waals surface area contributed by atoms with Crippen LogP contribution >= 0.6 is 11.3 Å². The maximum Gasteiger partial charge on any atom is 0.186 e. The van der Waals surface area contributed by atoms with Gasteiger partial charge < -0.3 is 15.4 Å². The van der Waals surface area contributed by atoms with E-state index in [9.17, 15) is 0 Å². The Labute approximate surface area is 105 Å². The average molecular weight is 251 g/mol. The molecule has 0 bridgehead atoms. The summed E-state index contributed by atoms with van der Waals surface area (Å²) in [5.74, 6) is 0. The van der Waals surface area contributed by atoms with Gasteiger partial charge in [-0.3, -0.25) is 0 Å². The molecule has 0 fully saturated rings.